The zero-order valence-electron chi connectivity index (χ0n) is 10.3. The molecule has 0 aliphatic carbocycles. The number of hydrogen-bond donors (Lipinski definition) is 2. The first-order valence-electron chi connectivity index (χ1n) is 5.78. The van der Waals surface area contributed by atoms with Crippen LogP contribution in [-0.2, 0) is 9.59 Å². The molecule has 1 fully saturated rings. The first-order valence-corrected chi connectivity index (χ1v) is 5.78. The average molecular weight is 263 g/mol. The molecular formula is C13H13NO5. The number of benzene rings is 1. The van der Waals surface area contributed by atoms with E-state index >= 15 is 0 Å². The zero-order chi connectivity index (χ0) is 14.2. The van der Waals surface area contributed by atoms with Gasteiger partial charge in [-0.2, -0.15) is 0 Å². The molecule has 1 saturated heterocycles. The molecule has 1 atom stereocenters. The molecule has 1 aromatic carbocycles. The first kappa shape index (κ1) is 13.1. The number of aliphatic carboxylic acids is 1. The van der Waals surface area contributed by atoms with Gasteiger partial charge in [0.25, 0.3) is 0 Å². The van der Waals surface area contributed by atoms with Crippen molar-refractivity contribution >= 4 is 23.5 Å². The minimum Gasteiger partial charge on any atom is -0.481 e. The smallest absolute Gasteiger partial charge is 0.338 e. The topological polar surface area (TPSA) is 94.9 Å². The molecule has 0 aromatic heterocycles. The lowest BCUT2D eigenvalue weighted by molar-refractivity contribution is -0.141. The van der Waals surface area contributed by atoms with Gasteiger partial charge in [-0.15, -0.1) is 0 Å². The summed E-state index contributed by atoms with van der Waals surface area (Å²) in [7, 11) is 0. The van der Waals surface area contributed by atoms with E-state index in [1.807, 2.05) is 0 Å². The number of carbonyl (C=O) groups excluding carboxylic acids is 1. The normalized spacial score (nSPS) is 18.7. The quantitative estimate of drug-likeness (QED) is 0.852. The minimum absolute atomic E-state index is 0.0118. The fourth-order valence-electron chi connectivity index (χ4n) is 2.26. The second-order valence-electron chi connectivity index (χ2n) is 4.52. The third kappa shape index (κ3) is 2.29. The molecule has 1 aliphatic heterocycles. The molecule has 1 aliphatic rings. The standard InChI is InChI=1S/C13H13NO5/c1-7-3-2-4-9(11(7)13(18)19)14-6-8(12(16)17)5-10(14)15/h2-4,8H,5-6H2,1H3,(H,16,17)(H,18,19). The fourth-order valence-corrected chi connectivity index (χ4v) is 2.26. The Kier molecular flexibility index (Phi) is 3.25. The summed E-state index contributed by atoms with van der Waals surface area (Å²) in [6, 6.07) is 4.82. The number of hydrogen-bond acceptors (Lipinski definition) is 3. The number of nitrogens with zero attached hydrogens (tertiary/aromatic N) is 1. The Morgan fingerprint density at radius 1 is 1.32 bits per heavy atom. The molecule has 1 heterocycles. The van der Waals surface area contributed by atoms with Crippen molar-refractivity contribution in [3.63, 3.8) is 0 Å². The number of rotatable bonds is 3. The summed E-state index contributed by atoms with van der Waals surface area (Å²) in [4.78, 5) is 35.3. The van der Waals surface area contributed by atoms with Crippen LogP contribution >= 0.6 is 0 Å². The van der Waals surface area contributed by atoms with Crippen LogP contribution in [0, 0.1) is 12.8 Å². The second-order valence-corrected chi connectivity index (χ2v) is 4.52. The molecule has 2 rings (SSSR count). The summed E-state index contributed by atoms with van der Waals surface area (Å²) in [5.41, 5.74) is 0.847. The molecule has 1 aromatic rings. The Hall–Kier alpha value is -2.37. The summed E-state index contributed by atoms with van der Waals surface area (Å²) in [5.74, 6) is -3.31. The SMILES string of the molecule is Cc1cccc(N2CC(C(=O)O)CC2=O)c1C(=O)O. The summed E-state index contributed by atoms with van der Waals surface area (Å²) < 4.78 is 0. The maximum Gasteiger partial charge on any atom is 0.338 e. The summed E-state index contributed by atoms with van der Waals surface area (Å²) in [6.45, 7) is 1.65. The lowest BCUT2D eigenvalue weighted by Gasteiger charge is -2.19. The number of carboxylic acids is 2. The van der Waals surface area contributed by atoms with E-state index in [1.54, 1.807) is 19.1 Å². The highest BCUT2D eigenvalue weighted by Crippen LogP contribution is 2.30. The minimum atomic E-state index is -1.13. The molecule has 19 heavy (non-hydrogen) atoms. The largest absolute Gasteiger partial charge is 0.481 e. The number of amides is 1. The van der Waals surface area contributed by atoms with Gasteiger partial charge in [-0.25, -0.2) is 4.79 Å². The highest BCUT2D eigenvalue weighted by Gasteiger charge is 2.36. The number of aromatic carboxylic acids is 1. The zero-order valence-corrected chi connectivity index (χ0v) is 10.3. The molecular weight excluding hydrogens is 250 g/mol. The van der Waals surface area contributed by atoms with Crippen molar-refractivity contribution in [2.45, 2.75) is 13.3 Å². The van der Waals surface area contributed by atoms with Crippen LogP contribution in [0.3, 0.4) is 0 Å². The van der Waals surface area contributed by atoms with Crippen LogP contribution in [0.25, 0.3) is 0 Å². The Bertz CT molecular complexity index is 566. The Morgan fingerprint density at radius 2 is 2.00 bits per heavy atom. The molecule has 6 heteroatoms. The van der Waals surface area contributed by atoms with Crippen LogP contribution in [0.15, 0.2) is 18.2 Å². The fraction of sp³-hybridized carbons (Fsp3) is 0.308. The van der Waals surface area contributed by atoms with E-state index in [0.717, 1.165) is 0 Å². The lowest BCUT2D eigenvalue weighted by atomic mass is 10.1. The van der Waals surface area contributed by atoms with Crippen molar-refractivity contribution in [1.29, 1.82) is 0 Å². The van der Waals surface area contributed by atoms with Gasteiger partial charge in [0.1, 0.15) is 0 Å². The van der Waals surface area contributed by atoms with Gasteiger partial charge in [-0.3, -0.25) is 9.59 Å². The third-order valence-corrected chi connectivity index (χ3v) is 3.23. The van der Waals surface area contributed by atoms with Gasteiger partial charge < -0.3 is 15.1 Å². The van der Waals surface area contributed by atoms with E-state index in [4.69, 9.17) is 5.11 Å². The Labute approximate surface area is 109 Å². The molecule has 100 valence electrons. The van der Waals surface area contributed by atoms with Crippen molar-refractivity contribution < 1.29 is 24.6 Å². The van der Waals surface area contributed by atoms with Crippen molar-refractivity contribution in [2.75, 3.05) is 11.4 Å². The molecule has 0 radical (unpaired) electrons. The van der Waals surface area contributed by atoms with E-state index in [0.29, 0.717) is 5.56 Å². The van der Waals surface area contributed by atoms with Crippen LogP contribution in [0.4, 0.5) is 5.69 Å². The predicted octanol–water partition coefficient (Wildman–Crippen LogP) is 1.13. The lowest BCUT2D eigenvalue weighted by Crippen LogP contribution is -2.27. The Morgan fingerprint density at radius 3 is 2.53 bits per heavy atom. The molecule has 2 N–H and O–H groups in total. The van der Waals surface area contributed by atoms with Crippen molar-refractivity contribution in [2.24, 2.45) is 5.92 Å². The number of carboxylic acid groups (broad SMARTS) is 2. The van der Waals surface area contributed by atoms with Crippen LogP contribution in [0.5, 0.6) is 0 Å². The van der Waals surface area contributed by atoms with Gasteiger partial charge in [0.15, 0.2) is 0 Å². The summed E-state index contributed by atoms with van der Waals surface area (Å²) in [5, 5.41) is 18.1. The van der Waals surface area contributed by atoms with Gasteiger partial charge in [-0.1, -0.05) is 12.1 Å². The van der Waals surface area contributed by atoms with E-state index in [2.05, 4.69) is 0 Å². The van der Waals surface area contributed by atoms with E-state index < -0.39 is 17.9 Å². The predicted molar refractivity (Wildman–Crippen MR) is 66.2 cm³/mol. The molecule has 0 spiro atoms. The van der Waals surface area contributed by atoms with Gasteiger partial charge >= 0.3 is 11.9 Å². The van der Waals surface area contributed by atoms with Crippen LogP contribution < -0.4 is 4.90 Å². The van der Waals surface area contributed by atoms with Crippen molar-refractivity contribution in [3.8, 4) is 0 Å². The van der Waals surface area contributed by atoms with Crippen molar-refractivity contribution in [3.05, 3.63) is 29.3 Å². The second kappa shape index (κ2) is 4.72. The van der Waals surface area contributed by atoms with Gasteiger partial charge in [0.2, 0.25) is 5.91 Å². The maximum absolute atomic E-state index is 11.8. The van der Waals surface area contributed by atoms with Crippen LogP contribution in [0.2, 0.25) is 0 Å². The monoisotopic (exact) mass is 263 g/mol. The Balaban J connectivity index is 2.43. The third-order valence-electron chi connectivity index (χ3n) is 3.23. The molecule has 6 nitrogen and oxygen atoms in total. The van der Waals surface area contributed by atoms with Gasteiger partial charge in [0.05, 0.1) is 17.2 Å². The van der Waals surface area contributed by atoms with Crippen molar-refractivity contribution in [1.82, 2.24) is 0 Å². The first-order chi connectivity index (χ1) is 8.91. The summed E-state index contributed by atoms with van der Waals surface area (Å²) >= 11 is 0. The number of aryl methyl sites for hydroxylation is 1. The maximum atomic E-state index is 11.8. The molecule has 1 unspecified atom stereocenters. The highest BCUT2D eigenvalue weighted by atomic mass is 16.4. The number of anilines is 1. The average Bonchev–Trinajstić information content (AvgIpc) is 2.70. The molecule has 1 amide bonds. The summed E-state index contributed by atoms with van der Waals surface area (Å²) in [6.07, 6.45) is -0.0949. The van der Waals surface area contributed by atoms with Gasteiger partial charge in [-0.05, 0) is 18.6 Å². The van der Waals surface area contributed by atoms with E-state index in [-0.39, 0.29) is 30.1 Å². The van der Waals surface area contributed by atoms with Crippen LogP contribution in [0.1, 0.15) is 22.3 Å². The van der Waals surface area contributed by atoms with E-state index in [1.165, 1.54) is 11.0 Å². The highest BCUT2D eigenvalue weighted by molar-refractivity contribution is 6.05. The van der Waals surface area contributed by atoms with Gasteiger partial charge in [0, 0.05) is 13.0 Å². The molecule has 0 bridgehead atoms. The molecule has 0 saturated carbocycles. The van der Waals surface area contributed by atoms with Crippen LogP contribution in [-0.4, -0.2) is 34.6 Å². The number of carbonyl (C=O) groups is 3. The van der Waals surface area contributed by atoms with E-state index in [9.17, 15) is 19.5 Å².